The number of unbranched alkanes of at least 4 members (excludes halogenated alkanes) is 1. The van der Waals surface area contributed by atoms with Crippen molar-refractivity contribution in [3.63, 3.8) is 0 Å². The quantitative estimate of drug-likeness (QED) is 0.237. The van der Waals surface area contributed by atoms with Crippen molar-refractivity contribution in [2.75, 3.05) is 57.1 Å². The predicted molar refractivity (Wildman–Crippen MR) is 174 cm³/mol. The number of rotatable bonds is 13. The summed E-state index contributed by atoms with van der Waals surface area (Å²) >= 11 is -2.19. The number of anilines is 2. The number of methoxy groups -OCH3 is 1. The smallest absolute Gasteiger partial charge is 0.323 e. The fraction of sp³-hybridized carbons (Fsp3) is 0.562. The Balaban J connectivity index is 1.41. The van der Waals surface area contributed by atoms with E-state index in [9.17, 15) is 18.4 Å². The van der Waals surface area contributed by atoms with Crippen LogP contribution in [0.2, 0.25) is 0 Å². The monoisotopic (exact) mass is 629 g/mol. The van der Waals surface area contributed by atoms with Crippen molar-refractivity contribution in [3.05, 3.63) is 46.5 Å². The van der Waals surface area contributed by atoms with E-state index in [-0.39, 0.29) is 17.9 Å². The number of carbonyl (C=O) groups is 2. The molecule has 4 rings (SSSR count). The summed E-state index contributed by atoms with van der Waals surface area (Å²) in [6.45, 7) is 12.5. The van der Waals surface area contributed by atoms with E-state index in [0.717, 1.165) is 79.9 Å². The molecule has 1 aliphatic heterocycles. The molecule has 1 aliphatic carbocycles. The maximum Gasteiger partial charge on any atom is 0.323 e. The van der Waals surface area contributed by atoms with Crippen LogP contribution >= 0.6 is 0 Å². The first-order valence-electron chi connectivity index (χ1n) is 15.4. The summed E-state index contributed by atoms with van der Waals surface area (Å²) < 4.78 is 34.8. The lowest BCUT2D eigenvalue weighted by Gasteiger charge is -2.34. The first-order chi connectivity index (χ1) is 21.0. The van der Waals surface area contributed by atoms with Crippen LogP contribution in [0.15, 0.2) is 24.3 Å². The number of hydrogen-bond acceptors (Lipinski definition) is 6. The molecule has 0 aromatic heterocycles. The normalized spacial score (nSPS) is 16.0. The summed E-state index contributed by atoms with van der Waals surface area (Å²) in [6.07, 6.45) is 4.82. The first-order valence-corrected chi connectivity index (χ1v) is 16.5. The Kier molecular flexibility index (Phi) is 11.6. The Hall–Kier alpha value is -3.19. The number of ether oxygens (including phenoxy) is 2. The van der Waals surface area contributed by atoms with Crippen molar-refractivity contribution >= 4 is 34.6 Å². The summed E-state index contributed by atoms with van der Waals surface area (Å²) in [6, 6.07) is 7.16. The van der Waals surface area contributed by atoms with Crippen molar-refractivity contribution in [1.29, 1.82) is 0 Å². The van der Waals surface area contributed by atoms with Gasteiger partial charge in [-0.05, 0) is 66.0 Å². The zero-order valence-corrected chi connectivity index (χ0v) is 27.4. The molecule has 0 radical (unpaired) electrons. The largest absolute Gasteiger partial charge is 0.494 e. The molecule has 3 amide bonds. The van der Waals surface area contributed by atoms with Crippen molar-refractivity contribution in [1.82, 2.24) is 14.5 Å². The SMILES string of the molecule is CCCCN1CCN(CCOc2ccc(NC(=O)Nc3cc(C(C)(C)C)cc(CNS(=O)O)c3OC)c3c2CCC3)CC1=O. The van der Waals surface area contributed by atoms with E-state index in [1.165, 1.54) is 7.11 Å². The zero-order chi connectivity index (χ0) is 31.9. The van der Waals surface area contributed by atoms with E-state index in [1.807, 2.05) is 29.2 Å². The summed E-state index contributed by atoms with van der Waals surface area (Å²) in [5.41, 5.74) is 4.76. The van der Waals surface area contributed by atoms with Gasteiger partial charge in [-0.15, -0.1) is 0 Å². The molecule has 2 aliphatic rings. The number of fused-ring (bicyclic) bond motifs is 1. The maximum atomic E-state index is 13.3. The van der Waals surface area contributed by atoms with Crippen LogP contribution in [-0.4, -0.2) is 76.9 Å². The molecule has 1 unspecified atom stereocenters. The summed E-state index contributed by atoms with van der Waals surface area (Å²) in [5, 5.41) is 5.95. The second-order valence-corrected chi connectivity index (χ2v) is 13.2. The van der Waals surface area contributed by atoms with Gasteiger partial charge in [-0.3, -0.25) is 14.2 Å². The highest BCUT2D eigenvalue weighted by molar-refractivity contribution is 7.77. The van der Waals surface area contributed by atoms with Gasteiger partial charge in [-0.25, -0.2) is 13.7 Å². The van der Waals surface area contributed by atoms with Crippen molar-refractivity contribution in [3.8, 4) is 11.5 Å². The number of carbonyl (C=O) groups excluding carboxylic acids is 2. The molecule has 0 bridgehead atoms. The van der Waals surface area contributed by atoms with Crippen LogP contribution in [0.5, 0.6) is 11.5 Å². The molecule has 0 spiro atoms. The highest BCUT2D eigenvalue weighted by Crippen LogP contribution is 2.38. The summed E-state index contributed by atoms with van der Waals surface area (Å²) in [4.78, 5) is 29.9. The van der Waals surface area contributed by atoms with Crippen molar-refractivity contribution < 1.29 is 27.8 Å². The van der Waals surface area contributed by atoms with Crippen LogP contribution in [0.1, 0.15) is 69.2 Å². The molecule has 44 heavy (non-hydrogen) atoms. The van der Waals surface area contributed by atoms with Gasteiger partial charge in [0.2, 0.25) is 17.2 Å². The van der Waals surface area contributed by atoms with Gasteiger partial charge in [0.15, 0.2) is 0 Å². The molecule has 2 aromatic rings. The Labute approximate surface area is 263 Å². The standard InChI is InChI=1S/C32H47N5O6S/c1-6-7-13-37-15-14-36(21-29(37)38)16-17-43-28-12-11-26(24-9-8-10-25(24)28)34-31(39)35-27-19-23(32(2,3)4)18-22(30(27)42-5)20-33-44(40)41/h11-12,18-19,33H,6-10,13-17,20-21H2,1-5H3,(H,40,41)(H2,34,35,39). The van der Waals surface area contributed by atoms with E-state index in [2.05, 4.69) is 48.0 Å². The minimum Gasteiger partial charge on any atom is -0.494 e. The Morgan fingerprint density at radius 2 is 1.82 bits per heavy atom. The van der Waals surface area contributed by atoms with E-state index < -0.39 is 17.3 Å². The van der Waals surface area contributed by atoms with E-state index in [0.29, 0.717) is 36.7 Å². The number of benzene rings is 2. The van der Waals surface area contributed by atoms with Gasteiger partial charge in [0.05, 0.1) is 19.3 Å². The fourth-order valence-corrected chi connectivity index (χ4v) is 6.03. The molecule has 2 aromatic carbocycles. The van der Waals surface area contributed by atoms with E-state index >= 15 is 0 Å². The van der Waals surface area contributed by atoms with Gasteiger partial charge in [0, 0.05) is 44.0 Å². The van der Waals surface area contributed by atoms with Crippen LogP contribution in [0, 0.1) is 0 Å². The predicted octanol–water partition coefficient (Wildman–Crippen LogP) is 4.67. The Bertz CT molecular complexity index is 1360. The Morgan fingerprint density at radius 3 is 2.50 bits per heavy atom. The maximum absolute atomic E-state index is 13.3. The molecule has 12 heteroatoms. The van der Waals surface area contributed by atoms with E-state index in [4.69, 9.17) is 9.47 Å². The molecular weight excluding hydrogens is 582 g/mol. The van der Waals surface area contributed by atoms with Crippen LogP contribution in [0.4, 0.5) is 16.2 Å². The summed E-state index contributed by atoms with van der Waals surface area (Å²) in [7, 11) is 1.51. The third kappa shape index (κ3) is 8.71. The molecule has 1 heterocycles. The fourth-order valence-electron chi connectivity index (χ4n) is 5.75. The van der Waals surface area contributed by atoms with Gasteiger partial charge in [0.1, 0.15) is 18.1 Å². The molecule has 4 N–H and O–H groups in total. The molecule has 0 saturated carbocycles. The molecule has 1 fully saturated rings. The second-order valence-electron chi connectivity index (χ2n) is 12.4. The zero-order valence-electron chi connectivity index (χ0n) is 26.6. The van der Waals surface area contributed by atoms with Crippen LogP contribution < -0.4 is 24.8 Å². The van der Waals surface area contributed by atoms with Crippen molar-refractivity contribution in [2.24, 2.45) is 0 Å². The molecular formula is C32H47N5O6S. The second kappa shape index (κ2) is 15.2. The number of piperazine rings is 1. The number of urea groups is 1. The Morgan fingerprint density at radius 1 is 1.07 bits per heavy atom. The number of nitrogens with one attached hydrogen (secondary N) is 3. The lowest BCUT2D eigenvalue weighted by atomic mass is 9.85. The van der Waals surface area contributed by atoms with Crippen LogP contribution in [-0.2, 0) is 40.9 Å². The first kappa shape index (κ1) is 33.7. The minimum absolute atomic E-state index is 0.0902. The molecule has 242 valence electrons. The highest BCUT2D eigenvalue weighted by Gasteiger charge is 2.25. The number of nitrogens with zero attached hydrogens (tertiary/aromatic N) is 2. The summed E-state index contributed by atoms with van der Waals surface area (Å²) in [5.74, 6) is 1.44. The van der Waals surface area contributed by atoms with Gasteiger partial charge in [-0.2, -0.15) is 0 Å². The van der Waals surface area contributed by atoms with E-state index in [1.54, 1.807) is 0 Å². The number of amides is 3. The highest BCUT2D eigenvalue weighted by atomic mass is 32.2. The lowest BCUT2D eigenvalue weighted by molar-refractivity contribution is -0.136. The third-order valence-corrected chi connectivity index (χ3v) is 8.60. The van der Waals surface area contributed by atoms with Crippen LogP contribution in [0.25, 0.3) is 0 Å². The van der Waals surface area contributed by atoms with Crippen LogP contribution in [0.3, 0.4) is 0 Å². The average Bonchev–Trinajstić information content (AvgIpc) is 3.47. The molecule has 11 nitrogen and oxygen atoms in total. The van der Waals surface area contributed by atoms with Gasteiger partial charge in [0.25, 0.3) is 0 Å². The molecule has 1 saturated heterocycles. The van der Waals surface area contributed by atoms with Gasteiger partial charge < -0.3 is 25.0 Å². The third-order valence-electron chi connectivity index (χ3n) is 8.20. The van der Waals surface area contributed by atoms with Gasteiger partial charge >= 0.3 is 6.03 Å². The molecule has 1 atom stereocenters. The van der Waals surface area contributed by atoms with Gasteiger partial charge in [-0.1, -0.05) is 40.2 Å². The topological polar surface area (TPSA) is 132 Å². The minimum atomic E-state index is -2.19. The number of hydrogen-bond donors (Lipinski definition) is 4. The lowest BCUT2D eigenvalue weighted by Crippen LogP contribution is -2.51. The average molecular weight is 630 g/mol. The van der Waals surface area contributed by atoms with Crippen molar-refractivity contribution in [2.45, 2.75) is 71.8 Å².